The molecule has 0 aliphatic carbocycles. The molecule has 0 aliphatic heterocycles. The van der Waals surface area contributed by atoms with E-state index in [0.717, 1.165) is 18.7 Å². The topological polar surface area (TPSA) is 24.9 Å². The first-order valence-electron chi connectivity index (χ1n) is 6.03. The third-order valence-corrected chi connectivity index (χ3v) is 2.91. The van der Waals surface area contributed by atoms with Gasteiger partial charge in [-0.15, -0.1) is 0 Å². The molecule has 0 fully saturated rings. The number of rotatable bonds is 4. The van der Waals surface area contributed by atoms with E-state index in [-0.39, 0.29) is 0 Å². The summed E-state index contributed by atoms with van der Waals surface area (Å²) in [6, 6.07) is 12.4. The van der Waals surface area contributed by atoms with E-state index in [1.165, 1.54) is 16.8 Å². The van der Waals surface area contributed by atoms with Gasteiger partial charge in [-0.3, -0.25) is 4.98 Å². The zero-order valence-corrected chi connectivity index (χ0v) is 10.4. The van der Waals surface area contributed by atoms with E-state index in [4.69, 9.17) is 0 Å². The van der Waals surface area contributed by atoms with Gasteiger partial charge in [-0.25, -0.2) is 0 Å². The monoisotopic (exact) mass is 226 g/mol. The molecule has 88 valence electrons. The second kappa shape index (κ2) is 5.48. The molecule has 1 N–H and O–H groups in total. The van der Waals surface area contributed by atoms with Crippen LogP contribution in [0.3, 0.4) is 0 Å². The number of aromatic nitrogens is 1. The van der Waals surface area contributed by atoms with Gasteiger partial charge in [0.25, 0.3) is 0 Å². The molecule has 2 rings (SSSR count). The maximum atomic E-state index is 4.32. The van der Waals surface area contributed by atoms with E-state index in [1.54, 1.807) is 0 Å². The molecular weight excluding hydrogens is 208 g/mol. The lowest BCUT2D eigenvalue weighted by molar-refractivity contribution is 1.03. The van der Waals surface area contributed by atoms with Crippen LogP contribution in [0.5, 0.6) is 0 Å². The Morgan fingerprint density at radius 1 is 1.12 bits per heavy atom. The fourth-order valence-corrected chi connectivity index (χ4v) is 1.96. The molecule has 0 amide bonds. The van der Waals surface area contributed by atoms with Crippen LogP contribution in [0.2, 0.25) is 0 Å². The van der Waals surface area contributed by atoms with Gasteiger partial charge in [0, 0.05) is 11.9 Å². The van der Waals surface area contributed by atoms with Crippen LogP contribution in [0.15, 0.2) is 42.6 Å². The van der Waals surface area contributed by atoms with Crippen LogP contribution in [0.25, 0.3) is 0 Å². The number of para-hydroxylation sites is 1. The number of benzene rings is 1. The van der Waals surface area contributed by atoms with E-state index >= 15 is 0 Å². The van der Waals surface area contributed by atoms with E-state index in [0.29, 0.717) is 0 Å². The fourth-order valence-electron chi connectivity index (χ4n) is 1.96. The minimum Gasteiger partial charge on any atom is -0.379 e. The van der Waals surface area contributed by atoms with Crippen molar-refractivity contribution in [2.45, 2.75) is 26.8 Å². The van der Waals surface area contributed by atoms with Crippen LogP contribution >= 0.6 is 0 Å². The van der Waals surface area contributed by atoms with Crippen molar-refractivity contribution < 1.29 is 0 Å². The molecule has 1 aromatic heterocycles. The predicted octanol–water partition coefficient (Wildman–Crippen LogP) is 3.56. The molecule has 0 saturated carbocycles. The summed E-state index contributed by atoms with van der Waals surface area (Å²) in [5, 5.41) is 3.49. The Bertz CT molecular complexity index is 478. The van der Waals surface area contributed by atoms with Crippen molar-refractivity contribution in [3.8, 4) is 0 Å². The maximum Gasteiger partial charge on any atom is 0.0594 e. The van der Waals surface area contributed by atoms with E-state index < -0.39 is 0 Å². The summed E-state index contributed by atoms with van der Waals surface area (Å²) in [5.41, 5.74) is 4.97. The number of anilines is 1. The summed E-state index contributed by atoms with van der Waals surface area (Å²) in [6.45, 7) is 5.10. The van der Waals surface area contributed by atoms with Crippen LogP contribution in [0.1, 0.15) is 23.7 Å². The minimum atomic E-state index is 0.776. The van der Waals surface area contributed by atoms with Gasteiger partial charge in [-0.05, 0) is 36.6 Å². The molecule has 0 aliphatic rings. The molecule has 0 atom stereocenters. The van der Waals surface area contributed by atoms with Crippen LogP contribution < -0.4 is 5.32 Å². The summed E-state index contributed by atoms with van der Waals surface area (Å²) < 4.78 is 0. The summed E-state index contributed by atoms with van der Waals surface area (Å²) in [4.78, 5) is 4.32. The zero-order valence-electron chi connectivity index (χ0n) is 10.4. The van der Waals surface area contributed by atoms with E-state index in [1.807, 2.05) is 24.4 Å². The quantitative estimate of drug-likeness (QED) is 0.862. The summed E-state index contributed by atoms with van der Waals surface area (Å²) in [5.74, 6) is 0. The molecular formula is C15H18N2. The molecule has 1 aromatic carbocycles. The van der Waals surface area contributed by atoms with Gasteiger partial charge in [0.15, 0.2) is 0 Å². The van der Waals surface area contributed by atoms with Crippen molar-refractivity contribution in [3.63, 3.8) is 0 Å². The number of pyridine rings is 1. The molecule has 17 heavy (non-hydrogen) atoms. The Morgan fingerprint density at radius 2 is 2.00 bits per heavy atom. The molecule has 0 unspecified atom stereocenters. The van der Waals surface area contributed by atoms with Gasteiger partial charge in [-0.1, -0.05) is 31.2 Å². The van der Waals surface area contributed by atoms with Crippen LogP contribution in [-0.2, 0) is 13.0 Å². The molecule has 2 heteroatoms. The standard InChI is InChI=1S/C15H18N2/c1-3-13-8-6-7-12(2)15(13)17-11-14-9-4-5-10-16-14/h4-10,17H,3,11H2,1-2H3. The first-order valence-corrected chi connectivity index (χ1v) is 6.03. The number of aryl methyl sites for hydroxylation is 2. The van der Waals surface area contributed by atoms with Crippen molar-refractivity contribution in [2.75, 3.05) is 5.32 Å². The Kier molecular flexibility index (Phi) is 3.76. The number of hydrogen-bond acceptors (Lipinski definition) is 2. The Balaban J connectivity index is 2.14. The highest BCUT2D eigenvalue weighted by Gasteiger charge is 2.03. The molecule has 0 saturated heterocycles. The fraction of sp³-hybridized carbons (Fsp3) is 0.267. The van der Waals surface area contributed by atoms with Gasteiger partial charge in [0.1, 0.15) is 0 Å². The highest BCUT2D eigenvalue weighted by molar-refractivity contribution is 5.57. The first-order chi connectivity index (χ1) is 8.31. The maximum absolute atomic E-state index is 4.32. The lowest BCUT2D eigenvalue weighted by atomic mass is 10.1. The summed E-state index contributed by atoms with van der Waals surface area (Å²) >= 11 is 0. The number of nitrogens with zero attached hydrogens (tertiary/aromatic N) is 1. The lowest BCUT2D eigenvalue weighted by Crippen LogP contribution is -2.05. The largest absolute Gasteiger partial charge is 0.379 e. The Hall–Kier alpha value is -1.83. The van der Waals surface area contributed by atoms with Gasteiger partial charge in [0.05, 0.1) is 12.2 Å². The van der Waals surface area contributed by atoms with Crippen molar-refractivity contribution >= 4 is 5.69 Å². The second-order valence-electron chi connectivity index (χ2n) is 4.14. The zero-order chi connectivity index (χ0) is 12.1. The highest BCUT2D eigenvalue weighted by Crippen LogP contribution is 2.21. The predicted molar refractivity (Wildman–Crippen MR) is 72.1 cm³/mol. The minimum absolute atomic E-state index is 0.776. The van der Waals surface area contributed by atoms with Crippen molar-refractivity contribution in [1.29, 1.82) is 0 Å². The first kappa shape index (κ1) is 11.6. The summed E-state index contributed by atoms with van der Waals surface area (Å²) in [7, 11) is 0. The van der Waals surface area contributed by atoms with Crippen molar-refractivity contribution in [1.82, 2.24) is 4.98 Å². The highest BCUT2D eigenvalue weighted by atomic mass is 14.9. The number of hydrogen-bond donors (Lipinski definition) is 1. The smallest absolute Gasteiger partial charge is 0.0594 e. The van der Waals surface area contributed by atoms with Gasteiger partial charge >= 0.3 is 0 Å². The van der Waals surface area contributed by atoms with Crippen molar-refractivity contribution in [3.05, 3.63) is 59.4 Å². The molecule has 2 nitrogen and oxygen atoms in total. The molecule has 0 bridgehead atoms. The van der Waals surface area contributed by atoms with E-state index in [9.17, 15) is 0 Å². The van der Waals surface area contributed by atoms with Crippen molar-refractivity contribution in [2.24, 2.45) is 0 Å². The molecule has 0 spiro atoms. The average molecular weight is 226 g/mol. The molecule has 2 aromatic rings. The number of nitrogens with one attached hydrogen (secondary N) is 1. The third-order valence-electron chi connectivity index (χ3n) is 2.91. The van der Waals surface area contributed by atoms with Crippen LogP contribution in [0.4, 0.5) is 5.69 Å². The summed E-state index contributed by atoms with van der Waals surface area (Å²) in [6.07, 6.45) is 2.88. The Morgan fingerprint density at radius 3 is 2.71 bits per heavy atom. The van der Waals surface area contributed by atoms with Gasteiger partial charge in [0.2, 0.25) is 0 Å². The van der Waals surface area contributed by atoms with Gasteiger partial charge in [-0.2, -0.15) is 0 Å². The molecule has 0 radical (unpaired) electrons. The second-order valence-corrected chi connectivity index (χ2v) is 4.14. The van der Waals surface area contributed by atoms with Crippen LogP contribution in [0, 0.1) is 6.92 Å². The average Bonchev–Trinajstić information content (AvgIpc) is 2.38. The Labute approximate surface area is 103 Å². The third kappa shape index (κ3) is 2.84. The van der Waals surface area contributed by atoms with Gasteiger partial charge < -0.3 is 5.32 Å². The normalized spacial score (nSPS) is 10.2. The molecule has 1 heterocycles. The van der Waals surface area contributed by atoms with Crippen LogP contribution in [-0.4, -0.2) is 4.98 Å². The van der Waals surface area contributed by atoms with E-state index in [2.05, 4.69) is 42.3 Å². The SMILES string of the molecule is CCc1cccc(C)c1NCc1ccccn1. The lowest BCUT2D eigenvalue weighted by Gasteiger charge is -2.13.